The fourth-order valence-electron chi connectivity index (χ4n) is 1.76. The molecule has 0 saturated carbocycles. The van der Waals surface area contributed by atoms with E-state index in [1.165, 1.54) is 0 Å². The number of nitrogens with one attached hydrogen (secondary N) is 1. The van der Waals surface area contributed by atoms with E-state index in [1.807, 2.05) is 6.92 Å². The molecule has 0 fully saturated rings. The molecule has 6 heteroatoms. The van der Waals surface area contributed by atoms with Gasteiger partial charge in [0.1, 0.15) is 5.75 Å². The molecular formula is C15H14BrClN2O2. The number of halogens is 2. The van der Waals surface area contributed by atoms with Crippen LogP contribution < -0.4 is 15.8 Å². The smallest absolute Gasteiger partial charge is 0.255 e. The topological polar surface area (TPSA) is 64.3 Å². The van der Waals surface area contributed by atoms with E-state index >= 15 is 0 Å². The number of carbonyl (C=O) groups excluding carboxylic acids is 1. The Labute approximate surface area is 136 Å². The van der Waals surface area contributed by atoms with Crippen LogP contribution in [-0.4, -0.2) is 12.5 Å². The number of benzene rings is 2. The molecule has 110 valence electrons. The molecule has 21 heavy (non-hydrogen) atoms. The van der Waals surface area contributed by atoms with Crippen LogP contribution in [0.4, 0.5) is 11.4 Å². The first kappa shape index (κ1) is 15.7. The molecule has 0 unspecified atom stereocenters. The summed E-state index contributed by atoms with van der Waals surface area (Å²) in [5, 5.41) is 3.30. The van der Waals surface area contributed by atoms with Crippen molar-refractivity contribution >= 4 is 44.8 Å². The largest absolute Gasteiger partial charge is 0.492 e. The van der Waals surface area contributed by atoms with Crippen LogP contribution in [0.1, 0.15) is 17.3 Å². The first-order valence-electron chi connectivity index (χ1n) is 6.30. The lowest BCUT2D eigenvalue weighted by Gasteiger charge is -2.12. The number of nitrogen functional groups attached to an aromatic ring is 1. The molecule has 3 N–H and O–H groups in total. The second kappa shape index (κ2) is 6.83. The Kier molecular flexibility index (Phi) is 5.09. The fraction of sp³-hybridized carbons (Fsp3) is 0.133. The number of hydrogen-bond donors (Lipinski definition) is 2. The van der Waals surface area contributed by atoms with Crippen molar-refractivity contribution in [3.05, 3.63) is 51.5 Å². The minimum absolute atomic E-state index is 0.280. The number of amides is 1. The summed E-state index contributed by atoms with van der Waals surface area (Å²) in [5.41, 5.74) is 7.26. The Bertz CT molecular complexity index is 677. The lowest BCUT2D eigenvalue weighted by atomic mass is 10.2. The first-order chi connectivity index (χ1) is 10.0. The van der Waals surface area contributed by atoms with E-state index in [9.17, 15) is 4.79 Å². The molecule has 2 rings (SSSR count). The maximum Gasteiger partial charge on any atom is 0.255 e. The third-order valence-corrected chi connectivity index (χ3v) is 3.71. The van der Waals surface area contributed by atoms with Gasteiger partial charge >= 0.3 is 0 Å². The van der Waals surface area contributed by atoms with Crippen molar-refractivity contribution in [2.24, 2.45) is 0 Å². The predicted molar refractivity (Wildman–Crippen MR) is 89.1 cm³/mol. The molecule has 0 spiro atoms. The van der Waals surface area contributed by atoms with E-state index in [1.54, 1.807) is 36.4 Å². The van der Waals surface area contributed by atoms with Crippen molar-refractivity contribution in [1.29, 1.82) is 0 Å². The van der Waals surface area contributed by atoms with E-state index in [2.05, 4.69) is 21.2 Å². The average molecular weight is 370 g/mol. The molecule has 0 aliphatic rings. The summed E-state index contributed by atoms with van der Waals surface area (Å²) in [6.07, 6.45) is 0. The first-order valence-corrected chi connectivity index (χ1v) is 7.47. The highest BCUT2D eigenvalue weighted by Gasteiger charge is 2.11. The summed E-state index contributed by atoms with van der Waals surface area (Å²) in [5.74, 6) is 0.290. The lowest BCUT2D eigenvalue weighted by molar-refractivity contribution is 0.102. The number of carbonyl (C=O) groups is 1. The lowest BCUT2D eigenvalue weighted by Crippen LogP contribution is -2.13. The van der Waals surface area contributed by atoms with Crippen molar-refractivity contribution in [2.75, 3.05) is 17.7 Å². The highest BCUT2D eigenvalue weighted by atomic mass is 79.9. The summed E-state index contributed by atoms with van der Waals surface area (Å²) in [7, 11) is 0. The van der Waals surface area contributed by atoms with Gasteiger partial charge in [-0.05, 0) is 59.3 Å². The van der Waals surface area contributed by atoms with E-state index in [0.717, 1.165) is 4.47 Å². The number of anilines is 2. The maximum atomic E-state index is 12.3. The van der Waals surface area contributed by atoms with Crippen LogP contribution in [0.15, 0.2) is 40.9 Å². The average Bonchev–Trinajstić information content (AvgIpc) is 2.45. The molecule has 4 nitrogen and oxygen atoms in total. The molecule has 2 aromatic carbocycles. The van der Waals surface area contributed by atoms with Crippen LogP contribution >= 0.6 is 27.5 Å². The summed E-state index contributed by atoms with van der Waals surface area (Å²) >= 11 is 9.25. The van der Waals surface area contributed by atoms with E-state index < -0.39 is 0 Å². The van der Waals surface area contributed by atoms with Crippen LogP contribution in [-0.2, 0) is 0 Å². The second-order valence-corrected chi connectivity index (χ2v) is 5.55. The molecule has 0 aliphatic carbocycles. The van der Waals surface area contributed by atoms with Gasteiger partial charge in [0, 0.05) is 20.7 Å². The SMILES string of the molecule is CCOc1ccc(Cl)cc1NC(=O)c1ccc(Br)c(N)c1. The Morgan fingerprint density at radius 3 is 2.76 bits per heavy atom. The number of rotatable bonds is 4. The quantitative estimate of drug-likeness (QED) is 0.788. The maximum absolute atomic E-state index is 12.3. The zero-order valence-electron chi connectivity index (χ0n) is 11.3. The van der Waals surface area contributed by atoms with Crippen molar-refractivity contribution < 1.29 is 9.53 Å². The van der Waals surface area contributed by atoms with E-state index in [-0.39, 0.29) is 5.91 Å². The van der Waals surface area contributed by atoms with Crippen molar-refractivity contribution in [2.45, 2.75) is 6.92 Å². The summed E-state index contributed by atoms with van der Waals surface area (Å²) in [6, 6.07) is 10.1. The van der Waals surface area contributed by atoms with Gasteiger partial charge in [0.2, 0.25) is 0 Å². The van der Waals surface area contributed by atoms with Gasteiger partial charge in [0.15, 0.2) is 0 Å². The molecule has 0 aliphatic heterocycles. The molecule has 1 amide bonds. The Hall–Kier alpha value is -1.72. The van der Waals surface area contributed by atoms with Crippen molar-refractivity contribution in [3.8, 4) is 5.75 Å². The fourth-order valence-corrected chi connectivity index (χ4v) is 2.18. The van der Waals surface area contributed by atoms with Gasteiger partial charge in [-0.15, -0.1) is 0 Å². The molecule has 0 heterocycles. The van der Waals surface area contributed by atoms with Gasteiger partial charge in [-0.25, -0.2) is 0 Å². The molecule has 0 bridgehead atoms. The number of nitrogens with two attached hydrogens (primary N) is 1. The van der Waals surface area contributed by atoms with Crippen LogP contribution in [0.3, 0.4) is 0 Å². The molecule has 0 atom stereocenters. The highest BCUT2D eigenvalue weighted by molar-refractivity contribution is 9.10. The van der Waals surface area contributed by atoms with Crippen LogP contribution in [0, 0.1) is 0 Å². The van der Waals surface area contributed by atoms with Gasteiger partial charge in [-0.1, -0.05) is 11.6 Å². The van der Waals surface area contributed by atoms with Gasteiger partial charge < -0.3 is 15.8 Å². The molecule has 0 aromatic heterocycles. The third-order valence-electron chi connectivity index (χ3n) is 2.75. The van der Waals surface area contributed by atoms with Gasteiger partial charge in [0.25, 0.3) is 5.91 Å². The standard InChI is InChI=1S/C15H14BrClN2O2/c1-2-21-14-6-4-10(17)8-13(14)19-15(20)9-3-5-11(16)12(18)7-9/h3-8H,2,18H2,1H3,(H,19,20). The minimum Gasteiger partial charge on any atom is -0.492 e. The molecule has 0 radical (unpaired) electrons. The Balaban J connectivity index is 2.26. The van der Waals surface area contributed by atoms with Crippen LogP contribution in [0.5, 0.6) is 5.75 Å². The van der Waals surface area contributed by atoms with Crippen LogP contribution in [0.25, 0.3) is 0 Å². The van der Waals surface area contributed by atoms with Crippen molar-refractivity contribution in [1.82, 2.24) is 0 Å². The molecular weight excluding hydrogens is 356 g/mol. The summed E-state index contributed by atoms with van der Waals surface area (Å²) in [4.78, 5) is 12.3. The Morgan fingerprint density at radius 1 is 1.33 bits per heavy atom. The number of hydrogen-bond acceptors (Lipinski definition) is 3. The summed E-state index contributed by atoms with van der Waals surface area (Å²) in [6.45, 7) is 2.37. The Morgan fingerprint density at radius 2 is 2.10 bits per heavy atom. The molecule has 2 aromatic rings. The summed E-state index contributed by atoms with van der Waals surface area (Å²) < 4.78 is 6.21. The van der Waals surface area contributed by atoms with Crippen LogP contribution in [0.2, 0.25) is 5.02 Å². The molecule has 0 saturated heterocycles. The monoisotopic (exact) mass is 368 g/mol. The van der Waals surface area contributed by atoms with Crippen molar-refractivity contribution in [3.63, 3.8) is 0 Å². The van der Waals surface area contributed by atoms with Gasteiger partial charge in [-0.2, -0.15) is 0 Å². The third kappa shape index (κ3) is 3.89. The highest BCUT2D eigenvalue weighted by Crippen LogP contribution is 2.29. The van der Waals surface area contributed by atoms with E-state index in [0.29, 0.717) is 34.3 Å². The normalized spacial score (nSPS) is 10.2. The van der Waals surface area contributed by atoms with E-state index in [4.69, 9.17) is 22.1 Å². The number of ether oxygens (including phenoxy) is 1. The zero-order chi connectivity index (χ0) is 15.4. The zero-order valence-corrected chi connectivity index (χ0v) is 13.7. The predicted octanol–water partition coefficient (Wildman–Crippen LogP) is 4.34. The van der Waals surface area contributed by atoms with Gasteiger partial charge in [-0.3, -0.25) is 4.79 Å². The second-order valence-electron chi connectivity index (χ2n) is 4.26. The van der Waals surface area contributed by atoms with Gasteiger partial charge in [0.05, 0.1) is 12.3 Å². The minimum atomic E-state index is -0.280.